The molecule has 1 N–H and O–H groups in total. The molecular formula is C19H20N4O5. The van der Waals surface area contributed by atoms with Crippen LogP contribution in [0.4, 0.5) is 17.1 Å². The summed E-state index contributed by atoms with van der Waals surface area (Å²) in [5, 5.41) is 13.6. The van der Waals surface area contributed by atoms with Crippen LogP contribution in [0.2, 0.25) is 0 Å². The highest BCUT2D eigenvalue weighted by molar-refractivity contribution is 5.92. The average molecular weight is 384 g/mol. The molecule has 0 bridgehead atoms. The lowest BCUT2D eigenvalue weighted by Crippen LogP contribution is -2.48. The number of carbonyl (C=O) groups is 1. The molecule has 0 unspecified atom stereocenters. The van der Waals surface area contributed by atoms with Crippen LogP contribution in [0.15, 0.2) is 42.5 Å². The fourth-order valence-corrected chi connectivity index (χ4v) is 3.33. The van der Waals surface area contributed by atoms with Gasteiger partial charge in [-0.15, -0.1) is 0 Å². The van der Waals surface area contributed by atoms with E-state index in [1.807, 2.05) is 0 Å². The van der Waals surface area contributed by atoms with Gasteiger partial charge in [0, 0.05) is 55.8 Å². The number of nitrogens with one attached hydrogen (secondary N) is 1. The summed E-state index contributed by atoms with van der Waals surface area (Å²) in [7, 11) is 0. The van der Waals surface area contributed by atoms with Gasteiger partial charge in [0.05, 0.1) is 11.5 Å². The molecule has 1 fully saturated rings. The quantitative estimate of drug-likeness (QED) is 0.623. The monoisotopic (exact) mass is 384 g/mol. The maximum Gasteiger partial charge on any atom is 0.269 e. The van der Waals surface area contributed by atoms with Gasteiger partial charge in [-0.1, -0.05) is 0 Å². The van der Waals surface area contributed by atoms with Gasteiger partial charge in [0.1, 0.15) is 0 Å². The second-order valence-corrected chi connectivity index (χ2v) is 6.65. The van der Waals surface area contributed by atoms with Gasteiger partial charge in [0.2, 0.25) is 12.7 Å². The molecule has 9 nitrogen and oxygen atoms in total. The molecule has 28 heavy (non-hydrogen) atoms. The fourth-order valence-electron chi connectivity index (χ4n) is 3.33. The number of piperazine rings is 1. The topological polar surface area (TPSA) is 97.2 Å². The largest absolute Gasteiger partial charge is 0.454 e. The first kappa shape index (κ1) is 18.1. The molecule has 2 aromatic carbocycles. The van der Waals surface area contributed by atoms with Crippen LogP contribution < -0.4 is 19.7 Å². The average Bonchev–Trinajstić information content (AvgIpc) is 3.16. The Balaban J connectivity index is 1.27. The third-order valence-corrected chi connectivity index (χ3v) is 4.82. The van der Waals surface area contributed by atoms with E-state index in [1.54, 1.807) is 30.3 Å². The molecule has 0 aliphatic carbocycles. The summed E-state index contributed by atoms with van der Waals surface area (Å²) in [5.41, 5.74) is 1.72. The Hall–Kier alpha value is -3.33. The Labute approximate surface area is 161 Å². The lowest BCUT2D eigenvalue weighted by atomic mass is 10.2. The van der Waals surface area contributed by atoms with Gasteiger partial charge >= 0.3 is 0 Å². The molecule has 2 aromatic rings. The third kappa shape index (κ3) is 3.99. The zero-order chi connectivity index (χ0) is 19.5. The predicted octanol–water partition coefficient (Wildman–Crippen LogP) is 2.08. The van der Waals surface area contributed by atoms with E-state index in [1.165, 1.54) is 12.1 Å². The van der Waals surface area contributed by atoms with Gasteiger partial charge in [-0.05, 0) is 24.3 Å². The lowest BCUT2D eigenvalue weighted by molar-refractivity contribution is -0.384. The SMILES string of the molecule is O=C(CN1CCN(c2ccc([N+](=O)[O-])cc2)CC1)Nc1ccc2c(c1)OCO2. The van der Waals surface area contributed by atoms with E-state index in [9.17, 15) is 14.9 Å². The van der Waals surface area contributed by atoms with Crippen molar-refractivity contribution in [2.45, 2.75) is 0 Å². The van der Waals surface area contributed by atoms with Crippen molar-refractivity contribution in [3.8, 4) is 11.5 Å². The summed E-state index contributed by atoms with van der Waals surface area (Å²) in [4.78, 5) is 26.9. The number of carbonyl (C=O) groups excluding carboxylic acids is 1. The van der Waals surface area contributed by atoms with Crippen LogP contribution in [0.25, 0.3) is 0 Å². The summed E-state index contributed by atoms with van der Waals surface area (Å²) >= 11 is 0. The number of fused-ring (bicyclic) bond motifs is 1. The third-order valence-electron chi connectivity index (χ3n) is 4.82. The van der Waals surface area contributed by atoms with Crippen molar-refractivity contribution in [3.63, 3.8) is 0 Å². The molecule has 2 aliphatic heterocycles. The van der Waals surface area contributed by atoms with Crippen molar-refractivity contribution in [2.24, 2.45) is 0 Å². The summed E-state index contributed by atoms with van der Waals surface area (Å²) in [6.45, 7) is 3.51. The Morgan fingerprint density at radius 2 is 1.75 bits per heavy atom. The molecule has 1 amide bonds. The second-order valence-electron chi connectivity index (χ2n) is 6.65. The van der Waals surface area contributed by atoms with E-state index in [4.69, 9.17) is 9.47 Å². The van der Waals surface area contributed by atoms with E-state index < -0.39 is 4.92 Å². The van der Waals surface area contributed by atoms with E-state index in [0.717, 1.165) is 31.9 Å². The van der Waals surface area contributed by atoms with Crippen LogP contribution in [0.3, 0.4) is 0 Å². The number of ether oxygens (including phenoxy) is 2. The minimum absolute atomic E-state index is 0.0809. The molecule has 2 heterocycles. The van der Waals surface area contributed by atoms with Crippen LogP contribution >= 0.6 is 0 Å². The number of hydrogen-bond donors (Lipinski definition) is 1. The Morgan fingerprint density at radius 3 is 2.46 bits per heavy atom. The molecule has 0 atom stereocenters. The number of nitro benzene ring substituents is 1. The van der Waals surface area contributed by atoms with Gasteiger partial charge in [-0.3, -0.25) is 19.8 Å². The van der Waals surface area contributed by atoms with Crippen LogP contribution in [-0.4, -0.2) is 55.2 Å². The number of nitrogens with zero attached hydrogens (tertiary/aromatic N) is 3. The highest BCUT2D eigenvalue weighted by atomic mass is 16.7. The minimum Gasteiger partial charge on any atom is -0.454 e. The molecule has 0 aromatic heterocycles. The summed E-state index contributed by atoms with van der Waals surface area (Å²) in [6.07, 6.45) is 0. The molecule has 0 saturated carbocycles. The van der Waals surface area contributed by atoms with Gasteiger partial charge in [0.25, 0.3) is 5.69 Å². The molecule has 0 spiro atoms. The highest BCUT2D eigenvalue weighted by Crippen LogP contribution is 2.34. The number of anilines is 2. The van der Waals surface area contributed by atoms with Gasteiger partial charge in [-0.25, -0.2) is 0 Å². The number of hydrogen-bond acceptors (Lipinski definition) is 7. The van der Waals surface area contributed by atoms with E-state index in [-0.39, 0.29) is 18.4 Å². The van der Waals surface area contributed by atoms with Crippen LogP contribution in [0.1, 0.15) is 0 Å². The zero-order valence-electron chi connectivity index (χ0n) is 15.2. The van der Waals surface area contributed by atoms with Crippen LogP contribution in [0, 0.1) is 10.1 Å². The van der Waals surface area contributed by atoms with Gasteiger partial charge in [0.15, 0.2) is 11.5 Å². The van der Waals surface area contributed by atoms with Crippen molar-refractivity contribution in [3.05, 3.63) is 52.6 Å². The molecular weight excluding hydrogens is 364 g/mol. The van der Waals surface area contributed by atoms with Crippen molar-refractivity contribution in [2.75, 3.05) is 49.7 Å². The lowest BCUT2D eigenvalue weighted by Gasteiger charge is -2.35. The molecule has 1 saturated heterocycles. The summed E-state index contributed by atoms with van der Waals surface area (Å²) in [5.74, 6) is 1.23. The van der Waals surface area contributed by atoms with E-state index in [2.05, 4.69) is 15.1 Å². The van der Waals surface area contributed by atoms with E-state index in [0.29, 0.717) is 23.7 Å². The Bertz CT molecular complexity index is 878. The fraction of sp³-hybridized carbons (Fsp3) is 0.316. The van der Waals surface area contributed by atoms with Gasteiger partial charge < -0.3 is 19.7 Å². The Morgan fingerprint density at radius 1 is 1.04 bits per heavy atom. The first-order valence-corrected chi connectivity index (χ1v) is 9.00. The first-order valence-electron chi connectivity index (χ1n) is 9.00. The van der Waals surface area contributed by atoms with Gasteiger partial charge in [-0.2, -0.15) is 0 Å². The normalized spacial score (nSPS) is 16.1. The van der Waals surface area contributed by atoms with Crippen molar-refractivity contribution < 1.29 is 19.2 Å². The molecule has 0 radical (unpaired) electrons. The smallest absolute Gasteiger partial charge is 0.269 e. The predicted molar refractivity (Wildman–Crippen MR) is 103 cm³/mol. The summed E-state index contributed by atoms with van der Waals surface area (Å²) in [6, 6.07) is 11.9. The van der Waals surface area contributed by atoms with Crippen LogP contribution in [-0.2, 0) is 4.79 Å². The maximum atomic E-state index is 12.3. The molecule has 2 aliphatic rings. The number of benzene rings is 2. The molecule has 9 heteroatoms. The van der Waals surface area contributed by atoms with Crippen LogP contribution in [0.5, 0.6) is 11.5 Å². The first-order chi connectivity index (χ1) is 13.6. The number of rotatable bonds is 5. The molecule has 4 rings (SSSR count). The zero-order valence-corrected chi connectivity index (χ0v) is 15.2. The Kier molecular flexibility index (Phi) is 4.98. The summed E-state index contributed by atoms with van der Waals surface area (Å²) < 4.78 is 10.6. The second kappa shape index (κ2) is 7.73. The standard InChI is InChI=1S/C19H20N4O5/c24-19(20-14-1-6-17-18(11-14)28-13-27-17)12-21-7-9-22(10-8-21)15-2-4-16(5-3-15)23(25)26/h1-6,11H,7-10,12-13H2,(H,20,24). The van der Waals surface area contributed by atoms with Crippen molar-refractivity contribution in [1.29, 1.82) is 0 Å². The van der Waals surface area contributed by atoms with E-state index >= 15 is 0 Å². The maximum absolute atomic E-state index is 12.3. The molecule has 146 valence electrons. The van der Waals surface area contributed by atoms with Crippen molar-refractivity contribution >= 4 is 23.0 Å². The highest BCUT2D eigenvalue weighted by Gasteiger charge is 2.20. The number of nitro groups is 1. The van der Waals surface area contributed by atoms with Crippen molar-refractivity contribution in [1.82, 2.24) is 4.90 Å². The number of amides is 1. The minimum atomic E-state index is -0.402. The number of non-ortho nitro benzene ring substituents is 1.